The number of benzene rings is 3. The minimum Gasteiger partial charge on any atom is -0.494 e. The molecular weight excluding hydrogens is 824 g/mol. The summed E-state index contributed by atoms with van der Waals surface area (Å²) in [5.74, 6) is 4.02. The number of fused-ring (bicyclic) bond motifs is 2. The molecule has 0 spiro atoms. The van der Waals surface area contributed by atoms with E-state index in [1.165, 1.54) is 44.9 Å². The van der Waals surface area contributed by atoms with Crippen LogP contribution in [0.4, 0.5) is 0 Å². The molecule has 10 heteroatoms. The second-order valence-electron chi connectivity index (χ2n) is 18.9. The standard InChI is InChI=1S/C30H36ClNO4.C24H33NO3/c31-24-10-8-23(9-11-24)30(34)14-17-32(18-15-30)16-3-1-2-4-19-35-25-12-13-28-26(20-25)27(33)21-29(36-28)22-6-5-7-22;1-2-3-4-11-23(20-10-5-6-14-25-20)27-18-12-13-22-19(15-18)21(26)16-24(28-22)17-8-7-9-17/h8-13,20-22,34H,1-7,14-19H2;12-13,15-17,20,23,25H,2-11,14H2,1H3. The average Bonchev–Trinajstić information content (AvgIpc) is 3.26. The van der Waals surface area contributed by atoms with Crippen LogP contribution in [0.2, 0.25) is 5.02 Å². The zero-order valence-corrected chi connectivity index (χ0v) is 38.7. The minimum atomic E-state index is -0.735. The molecule has 4 aliphatic rings. The SMILES string of the molecule is CCCCCC(Oc1ccc2oc(C3CCC3)cc(=O)c2c1)C1CCCCN1.O=c1cc(C2CCC2)oc2ccc(OCCCCCCN3CCC(O)(c4ccc(Cl)cc4)CC3)cc12. The number of rotatable bonds is 18. The summed E-state index contributed by atoms with van der Waals surface area (Å²) in [5, 5.41) is 16.6. The van der Waals surface area contributed by atoms with Crippen LogP contribution in [0, 0.1) is 0 Å². The lowest BCUT2D eigenvalue weighted by atomic mass is 9.83. The third kappa shape index (κ3) is 12.0. The van der Waals surface area contributed by atoms with E-state index in [0.717, 1.165) is 132 Å². The lowest BCUT2D eigenvalue weighted by Gasteiger charge is -2.38. The van der Waals surface area contributed by atoms with Gasteiger partial charge in [0.2, 0.25) is 0 Å². The van der Waals surface area contributed by atoms with Gasteiger partial charge in [0.25, 0.3) is 0 Å². The first-order chi connectivity index (χ1) is 31.2. The van der Waals surface area contributed by atoms with Crippen molar-refractivity contribution in [2.75, 3.05) is 32.8 Å². The van der Waals surface area contributed by atoms with Gasteiger partial charge in [0.15, 0.2) is 10.9 Å². The largest absolute Gasteiger partial charge is 0.494 e. The van der Waals surface area contributed by atoms with E-state index < -0.39 is 5.60 Å². The normalized spacial score (nSPS) is 19.6. The maximum Gasteiger partial charge on any atom is 0.193 e. The molecule has 2 unspecified atom stereocenters. The smallest absolute Gasteiger partial charge is 0.193 e. The summed E-state index contributed by atoms with van der Waals surface area (Å²) < 4.78 is 24.4. The van der Waals surface area contributed by atoms with Crippen LogP contribution in [-0.2, 0) is 5.60 Å². The van der Waals surface area contributed by atoms with Crippen LogP contribution in [-0.4, -0.2) is 54.9 Å². The summed E-state index contributed by atoms with van der Waals surface area (Å²) >= 11 is 5.99. The van der Waals surface area contributed by atoms with Gasteiger partial charge in [-0.3, -0.25) is 9.59 Å². The van der Waals surface area contributed by atoms with Crippen LogP contribution < -0.4 is 25.6 Å². The van der Waals surface area contributed by atoms with Gasteiger partial charge in [-0.25, -0.2) is 0 Å². The van der Waals surface area contributed by atoms with E-state index in [4.69, 9.17) is 29.9 Å². The molecule has 5 aromatic rings. The summed E-state index contributed by atoms with van der Waals surface area (Å²) in [6.07, 6.45) is 21.4. The van der Waals surface area contributed by atoms with Gasteiger partial charge >= 0.3 is 0 Å². The van der Waals surface area contributed by atoms with E-state index >= 15 is 0 Å². The minimum absolute atomic E-state index is 0.0212. The Morgan fingerprint density at radius 1 is 0.734 bits per heavy atom. The van der Waals surface area contributed by atoms with Crippen LogP contribution in [0.5, 0.6) is 11.5 Å². The van der Waals surface area contributed by atoms with E-state index in [-0.39, 0.29) is 17.0 Å². The van der Waals surface area contributed by atoms with Crippen molar-refractivity contribution in [3.05, 3.63) is 115 Å². The highest BCUT2D eigenvalue weighted by atomic mass is 35.5. The lowest BCUT2D eigenvalue weighted by Crippen LogP contribution is -2.45. The molecule has 9 rings (SSSR count). The van der Waals surface area contributed by atoms with Crippen molar-refractivity contribution in [1.29, 1.82) is 0 Å². The lowest BCUT2D eigenvalue weighted by molar-refractivity contribution is -0.0261. The molecule has 9 nitrogen and oxygen atoms in total. The average molecular weight is 894 g/mol. The summed E-state index contributed by atoms with van der Waals surface area (Å²) in [5.41, 5.74) is 1.64. The van der Waals surface area contributed by atoms with Crippen molar-refractivity contribution < 1.29 is 23.4 Å². The molecule has 4 fully saturated rings. The van der Waals surface area contributed by atoms with Gasteiger partial charge in [0.1, 0.15) is 40.3 Å². The second-order valence-corrected chi connectivity index (χ2v) is 19.4. The molecule has 64 heavy (non-hydrogen) atoms. The van der Waals surface area contributed by atoms with Crippen molar-refractivity contribution in [2.24, 2.45) is 0 Å². The van der Waals surface area contributed by atoms with Crippen molar-refractivity contribution in [3.63, 3.8) is 0 Å². The monoisotopic (exact) mass is 892 g/mol. The van der Waals surface area contributed by atoms with Crippen LogP contribution >= 0.6 is 11.6 Å². The number of nitrogens with one attached hydrogen (secondary N) is 1. The maximum atomic E-state index is 12.7. The van der Waals surface area contributed by atoms with E-state index in [1.54, 1.807) is 12.1 Å². The number of piperidine rings is 2. The highest BCUT2D eigenvalue weighted by Crippen LogP contribution is 2.38. The third-order valence-corrected chi connectivity index (χ3v) is 14.6. The van der Waals surface area contributed by atoms with Gasteiger partial charge < -0.3 is 33.6 Å². The highest BCUT2D eigenvalue weighted by molar-refractivity contribution is 6.30. The van der Waals surface area contributed by atoms with E-state index in [1.807, 2.05) is 60.7 Å². The molecule has 2 aromatic heterocycles. The van der Waals surface area contributed by atoms with Crippen LogP contribution in [0.25, 0.3) is 21.9 Å². The van der Waals surface area contributed by atoms with Gasteiger partial charge in [-0.2, -0.15) is 0 Å². The number of likely N-dealkylation sites (tertiary alicyclic amines) is 1. The number of hydrogen-bond donors (Lipinski definition) is 2. The van der Waals surface area contributed by atoms with Crippen LogP contribution in [0.3, 0.4) is 0 Å². The first-order valence-corrected chi connectivity index (χ1v) is 25.0. The van der Waals surface area contributed by atoms with E-state index in [0.29, 0.717) is 51.4 Å². The van der Waals surface area contributed by atoms with Crippen LogP contribution in [0.1, 0.15) is 158 Å². The number of aliphatic hydroxyl groups is 1. The van der Waals surface area contributed by atoms with Crippen molar-refractivity contribution in [1.82, 2.24) is 10.2 Å². The number of nitrogens with zero attached hydrogens (tertiary/aromatic N) is 1. The molecule has 2 aliphatic heterocycles. The van der Waals surface area contributed by atoms with E-state index in [2.05, 4.69) is 17.1 Å². The Balaban J connectivity index is 0.000000181. The Labute approximate surface area is 383 Å². The number of unbranched alkanes of at least 4 members (excludes halogenated alkanes) is 5. The molecule has 2 N–H and O–H groups in total. The number of ether oxygens (including phenoxy) is 2. The first-order valence-electron chi connectivity index (χ1n) is 24.6. The molecule has 0 amide bonds. The summed E-state index contributed by atoms with van der Waals surface area (Å²) in [6, 6.07) is 22.7. The van der Waals surface area contributed by atoms with Crippen LogP contribution in [0.15, 0.2) is 91.2 Å². The zero-order chi connectivity index (χ0) is 44.3. The molecule has 2 saturated heterocycles. The summed E-state index contributed by atoms with van der Waals surface area (Å²) in [7, 11) is 0. The molecule has 2 saturated carbocycles. The number of halogens is 1. The van der Waals surface area contributed by atoms with E-state index in [9.17, 15) is 14.7 Å². The van der Waals surface area contributed by atoms with Crippen molar-refractivity contribution in [2.45, 2.75) is 159 Å². The summed E-state index contributed by atoms with van der Waals surface area (Å²) in [6.45, 7) is 6.86. The number of hydrogen-bond acceptors (Lipinski definition) is 9. The fraction of sp³-hybridized carbons (Fsp3) is 0.556. The van der Waals surface area contributed by atoms with Gasteiger partial charge in [0.05, 0.1) is 23.0 Å². The topological polar surface area (TPSA) is 114 Å². The molecular formula is C54H69ClN2O7. The maximum absolute atomic E-state index is 12.7. The fourth-order valence-electron chi connectivity index (χ4n) is 9.74. The third-order valence-electron chi connectivity index (χ3n) is 14.3. The molecule has 0 bridgehead atoms. The predicted octanol–water partition coefficient (Wildman–Crippen LogP) is 12.2. The zero-order valence-electron chi connectivity index (χ0n) is 37.9. The molecule has 4 heterocycles. The van der Waals surface area contributed by atoms with Gasteiger partial charge in [-0.05, 0) is 144 Å². The predicted molar refractivity (Wildman–Crippen MR) is 257 cm³/mol. The molecule has 0 radical (unpaired) electrons. The fourth-order valence-corrected chi connectivity index (χ4v) is 9.87. The highest BCUT2D eigenvalue weighted by Gasteiger charge is 2.34. The Bertz CT molecular complexity index is 2370. The molecule has 3 aromatic carbocycles. The first kappa shape index (κ1) is 46.4. The molecule has 344 valence electrons. The quantitative estimate of drug-likeness (QED) is 0.0830. The second kappa shape index (κ2) is 22.4. The Morgan fingerprint density at radius 3 is 1.95 bits per heavy atom. The Morgan fingerprint density at radius 2 is 1.36 bits per heavy atom. The van der Waals surface area contributed by atoms with Gasteiger partial charge in [-0.15, -0.1) is 0 Å². The van der Waals surface area contributed by atoms with Crippen molar-refractivity contribution >= 4 is 33.5 Å². The Kier molecular flexibility index (Phi) is 16.2. The van der Waals surface area contributed by atoms with Crippen molar-refractivity contribution in [3.8, 4) is 11.5 Å². The molecule has 2 atom stereocenters. The van der Waals surface area contributed by atoms with Gasteiger partial charge in [-0.1, -0.05) is 75.6 Å². The summed E-state index contributed by atoms with van der Waals surface area (Å²) in [4.78, 5) is 27.7. The molecule has 2 aliphatic carbocycles. The Hall–Kier alpha value is -4.15. The van der Waals surface area contributed by atoms with Gasteiger partial charge in [0, 0.05) is 48.1 Å².